The molecule has 22 heavy (non-hydrogen) atoms. The van der Waals surface area contributed by atoms with Crippen LogP contribution < -0.4 is 10.0 Å². The van der Waals surface area contributed by atoms with Gasteiger partial charge in [-0.05, 0) is 24.3 Å². The fourth-order valence-corrected chi connectivity index (χ4v) is 2.51. The summed E-state index contributed by atoms with van der Waals surface area (Å²) in [4.78, 5) is 11.0. The number of nitrogens with one attached hydrogen (secondary N) is 2. The highest BCUT2D eigenvalue weighted by Crippen LogP contribution is 2.29. The van der Waals surface area contributed by atoms with Crippen LogP contribution in [0.25, 0.3) is 0 Å². The van der Waals surface area contributed by atoms with E-state index in [2.05, 4.69) is 10.0 Å². The molecule has 0 spiro atoms. The van der Waals surface area contributed by atoms with Crippen LogP contribution in [0.2, 0.25) is 0 Å². The number of carbonyl (C=O) groups excluding carboxylic acids is 1. The molecule has 0 aliphatic heterocycles. The molecular formula is C13H17F3N2O3S. The zero-order chi connectivity index (χ0) is 17.0. The molecule has 5 nitrogen and oxygen atoms in total. The van der Waals surface area contributed by atoms with Crippen LogP contribution in [0, 0.1) is 5.92 Å². The van der Waals surface area contributed by atoms with Gasteiger partial charge in [0, 0.05) is 19.0 Å². The first kappa shape index (κ1) is 18.4. The predicted molar refractivity (Wildman–Crippen MR) is 74.5 cm³/mol. The normalized spacial score (nSPS) is 12.5. The summed E-state index contributed by atoms with van der Waals surface area (Å²) in [5.41, 5.74) is -0.921. The average molecular weight is 338 g/mol. The molecule has 1 rings (SSSR count). The molecule has 0 radical (unpaired) electrons. The number of hydrogen-bond acceptors (Lipinski definition) is 3. The molecule has 1 amide bonds. The second kappa shape index (κ2) is 7.10. The van der Waals surface area contributed by atoms with Crippen molar-refractivity contribution in [1.29, 1.82) is 0 Å². The zero-order valence-corrected chi connectivity index (χ0v) is 12.9. The first-order valence-electron chi connectivity index (χ1n) is 6.48. The van der Waals surface area contributed by atoms with E-state index in [4.69, 9.17) is 0 Å². The lowest BCUT2D eigenvalue weighted by Crippen LogP contribution is -2.36. The van der Waals surface area contributed by atoms with Crippen molar-refractivity contribution < 1.29 is 26.4 Å². The van der Waals surface area contributed by atoms with Crippen LogP contribution in [0.3, 0.4) is 0 Å². The predicted octanol–water partition coefficient (Wildman–Crippen LogP) is 1.76. The van der Waals surface area contributed by atoms with Gasteiger partial charge in [-0.3, -0.25) is 4.79 Å². The van der Waals surface area contributed by atoms with E-state index in [-0.39, 0.29) is 29.8 Å². The summed E-state index contributed by atoms with van der Waals surface area (Å²) in [6, 6.07) is 3.18. The number of benzene rings is 1. The van der Waals surface area contributed by atoms with Crippen LogP contribution in [0.4, 0.5) is 13.2 Å². The van der Waals surface area contributed by atoms with Crippen molar-refractivity contribution in [3.8, 4) is 0 Å². The highest BCUT2D eigenvalue weighted by molar-refractivity contribution is 7.89. The van der Waals surface area contributed by atoms with Gasteiger partial charge in [0.2, 0.25) is 15.9 Å². The van der Waals surface area contributed by atoms with Gasteiger partial charge in [-0.1, -0.05) is 13.8 Å². The van der Waals surface area contributed by atoms with Crippen molar-refractivity contribution in [2.45, 2.75) is 24.9 Å². The van der Waals surface area contributed by atoms with Gasteiger partial charge in [-0.25, -0.2) is 13.1 Å². The zero-order valence-electron chi connectivity index (χ0n) is 12.1. The van der Waals surface area contributed by atoms with Gasteiger partial charge in [0.25, 0.3) is 0 Å². The van der Waals surface area contributed by atoms with Gasteiger partial charge in [-0.2, -0.15) is 13.2 Å². The Bertz CT molecular complexity index is 610. The Morgan fingerprint density at radius 2 is 1.68 bits per heavy atom. The lowest BCUT2D eigenvalue weighted by atomic mass is 10.2. The minimum absolute atomic E-state index is 0.0538. The van der Waals surface area contributed by atoms with Crippen LogP contribution >= 0.6 is 0 Å². The van der Waals surface area contributed by atoms with Gasteiger partial charge in [-0.15, -0.1) is 0 Å². The molecule has 9 heteroatoms. The Kier molecular flexibility index (Phi) is 5.95. The Labute approximate surface area is 127 Å². The molecule has 0 saturated heterocycles. The molecule has 0 aliphatic rings. The Balaban J connectivity index is 2.62. The Morgan fingerprint density at radius 3 is 2.14 bits per heavy atom. The van der Waals surface area contributed by atoms with Crippen LogP contribution in [0.5, 0.6) is 0 Å². The van der Waals surface area contributed by atoms with Crippen LogP contribution in [0.15, 0.2) is 29.2 Å². The first-order chi connectivity index (χ1) is 10.0. The minimum Gasteiger partial charge on any atom is -0.355 e. The third-order valence-corrected chi connectivity index (χ3v) is 4.21. The molecule has 0 saturated carbocycles. The third kappa shape index (κ3) is 5.30. The quantitative estimate of drug-likeness (QED) is 0.776. The standard InChI is InChI=1S/C13H17F3N2O3S/c1-9(2)12(19)17-7-8-18-22(20,21)11-5-3-10(4-6-11)13(14,15)16/h3-6,9,18H,7-8H2,1-2H3,(H,17,19). The lowest BCUT2D eigenvalue weighted by molar-refractivity contribution is -0.137. The molecule has 1 aromatic carbocycles. The van der Waals surface area contributed by atoms with E-state index in [1.807, 2.05) is 0 Å². The van der Waals surface area contributed by atoms with Gasteiger partial charge >= 0.3 is 6.18 Å². The van der Waals surface area contributed by atoms with Crippen LogP contribution in [-0.2, 0) is 21.0 Å². The van der Waals surface area contributed by atoms with Crippen LogP contribution in [-0.4, -0.2) is 27.4 Å². The maximum atomic E-state index is 12.4. The third-order valence-electron chi connectivity index (χ3n) is 2.73. The summed E-state index contributed by atoms with van der Waals surface area (Å²) in [6.45, 7) is 3.43. The van der Waals surface area contributed by atoms with E-state index in [9.17, 15) is 26.4 Å². The maximum absolute atomic E-state index is 12.4. The maximum Gasteiger partial charge on any atom is 0.416 e. The molecule has 0 unspecified atom stereocenters. The number of sulfonamides is 1. The molecule has 0 heterocycles. The van der Waals surface area contributed by atoms with Crippen molar-refractivity contribution in [3.05, 3.63) is 29.8 Å². The molecule has 0 bridgehead atoms. The Morgan fingerprint density at radius 1 is 1.14 bits per heavy atom. The van der Waals surface area contributed by atoms with Gasteiger partial charge in [0.15, 0.2) is 0 Å². The fraction of sp³-hybridized carbons (Fsp3) is 0.462. The monoisotopic (exact) mass is 338 g/mol. The van der Waals surface area contributed by atoms with E-state index >= 15 is 0 Å². The molecule has 0 aromatic heterocycles. The smallest absolute Gasteiger partial charge is 0.355 e. The summed E-state index contributed by atoms with van der Waals surface area (Å²) >= 11 is 0. The summed E-state index contributed by atoms with van der Waals surface area (Å²) in [6.07, 6.45) is -4.52. The largest absolute Gasteiger partial charge is 0.416 e. The number of amides is 1. The van der Waals surface area contributed by atoms with Gasteiger partial charge in [0.05, 0.1) is 10.5 Å². The van der Waals surface area contributed by atoms with E-state index in [1.165, 1.54) is 0 Å². The van der Waals surface area contributed by atoms with Crippen molar-refractivity contribution >= 4 is 15.9 Å². The topological polar surface area (TPSA) is 75.3 Å². The van der Waals surface area contributed by atoms with Crippen molar-refractivity contribution in [2.75, 3.05) is 13.1 Å². The fourth-order valence-electron chi connectivity index (χ4n) is 1.48. The Hall–Kier alpha value is -1.61. The van der Waals surface area contributed by atoms with E-state index < -0.39 is 21.8 Å². The molecule has 1 aromatic rings. The summed E-state index contributed by atoms with van der Waals surface area (Å²) in [7, 11) is -3.91. The number of carbonyl (C=O) groups is 1. The SMILES string of the molecule is CC(C)C(=O)NCCNS(=O)(=O)c1ccc(C(F)(F)F)cc1. The molecule has 2 N–H and O–H groups in total. The van der Waals surface area contributed by atoms with Crippen LogP contribution in [0.1, 0.15) is 19.4 Å². The number of rotatable bonds is 6. The lowest BCUT2D eigenvalue weighted by Gasteiger charge is -2.10. The highest BCUT2D eigenvalue weighted by atomic mass is 32.2. The molecular weight excluding hydrogens is 321 g/mol. The van der Waals surface area contributed by atoms with Crippen molar-refractivity contribution in [2.24, 2.45) is 5.92 Å². The molecule has 0 aliphatic carbocycles. The first-order valence-corrected chi connectivity index (χ1v) is 7.97. The molecule has 0 fully saturated rings. The summed E-state index contributed by atoms with van der Waals surface area (Å²) < 4.78 is 63.1. The van der Waals surface area contributed by atoms with Gasteiger partial charge < -0.3 is 5.32 Å². The number of halogens is 3. The second-order valence-electron chi connectivity index (χ2n) is 4.87. The van der Waals surface area contributed by atoms with E-state index in [0.29, 0.717) is 12.1 Å². The minimum atomic E-state index is -4.52. The average Bonchev–Trinajstić information content (AvgIpc) is 2.42. The second-order valence-corrected chi connectivity index (χ2v) is 6.63. The van der Waals surface area contributed by atoms with Crippen molar-refractivity contribution in [3.63, 3.8) is 0 Å². The van der Waals surface area contributed by atoms with Crippen molar-refractivity contribution in [1.82, 2.24) is 10.0 Å². The summed E-state index contributed by atoms with van der Waals surface area (Å²) in [5.74, 6) is -0.430. The highest BCUT2D eigenvalue weighted by Gasteiger charge is 2.30. The number of hydrogen-bond donors (Lipinski definition) is 2. The van der Waals surface area contributed by atoms with E-state index in [1.54, 1.807) is 13.8 Å². The van der Waals surface area contributed by atoms with Gasteiger partial charge in [0.1, 0.15) is 0 Å². The summed E-state index contributed by atoms with van der Waals surface area (Å²) in [5, 5.41) is 2.52. The number of alkyl halides is 3. The molecule has 0 atom stereocenters. The van der Waals surface area contributed by atoms with E-state index in [0.717, 1.165) is 12.1 Å². The molecule has 124 valence electrons.